The fourth-order valence-electron chi connectivity index (χ4n) is 1.96. The van der Waals surface area contributed by atoms with E-state index >= 15 is 0 Å². The average molecular weight is 299 g/mol. The lowest BCUT2D eigenvalue weighted by Crippen LogP contribution is -2.28. The number of esters is 1. The Bertz CT molecular complexity index is 581. The predicted octanol–water partition coefficient (Wildman–Crippen LogP) is 3.63. The fraction of sp³-hybridized carbons (Fsp3) is 0.278. The molecule has 0 fully saturated rings. The zero-order chi connectivity index (χ0) is 15.8. The number of ether oxygens (including phenoxy) is 2. The van der Waals surface area contributed by atoms with Crippen molar-refractivity contribution in [3.05, 3.63) is 60.2 Å². The topological polar surface area (TPSA) is 47.6 Å². The van der Waals surface area contributed by atoms with E-state index in [1.165, 1.54) is 0 Å². The molecule has 0 saturated carbocycles. The van der Waals surface area contributed by atoms with Gasteiger partial charge in [0.05, 0.1) is 6.61 Å². The summed E-state index contributed by atoms with van der Waals surface area (Å²) in [5.74, 6) is 0.532. The van der Waals surface area contributed by atoms with Gasteiger partial charge in [-0.05, 0) is 43.7 Å². The minimum absolute atomic E-state index is 0.257. The molecule has 0 aliphatic rings. The predicted molar refractivity (Wildman–Crippen MR) is 86.9 cm³/mol. The maximum Gasteiger partial charge on any atom is 0.328 e. The van der Waals surface area contributed by atoms with Crippen molar-refractivity contribution in [1.82, 2.24) is 0 Å². The van der Waals surface area contributed by atoms with E-state index < -0.39 is 0 Å². The van der Waals surface area contributed by atoms with Crippen LogP contribution in [0.4, 0.5) is 5.69 Å². The second-order valence-corrected chi connectivity index (χ2v) is 4.92. The van der Waals surface area contributed by atoms with Crippen molar-refractivity contribution in [3.8, 4) is 5.75 Å². The zero-order valence-corrected chi connectivity index (χ0v) is 12.9. The van der Waals surface area contributed by atoms with E-state index in [4.69, 9.17) is 9.47 Å². The van der Waals surface area contributed by atoms with Gasteiger partial charge in [-0.3, -0.25) is 0 Å². The first-order valence-electron chi connectivity index (χ1n) is 7.39. The van der Waals surface area contributed by atoms with Crippen LogP contribution in [0, 0.1) is 0 Å². The molecule has 0 amide bonds. The van der Waals surface area contributed by atoms with Crippen molar-refractivity contribution in [3.63, 3.8) is 0 Å². The summed E-state index contributed by atoms with van der Waals surface area (Å²) in [5, 5.41) is 3.10. The van der Waals surface area contributed by atoms with Crippen LogP contribution in [0.2, 0.25) is 0 Å². The molecule has 2 aromatic carbocycles. The molecule has 1 N–H and O–H groups in total. The number of hydrogen-bond donors (Lipinski definition) is 1. The minimum Gasteiger partial charge on any atom is -0.489 e. The SMILES string of the molecule is CCOC(=O)C(C)Nc1ccc(OCc2ccccc2)cc1. The van der Waals surface area contributed by atoms with Crippen molar-refractivity contribution < 1.29 is 14.3 Å². The first-order chi connectivity index (χ1) is 10.7. The first kappa shape index (κ1) is 15.9. The number of nitrogens with one attached hydrogen (secondary N) is 1. The Balaban J connectivity index is 1.86. The summed E-state index contributed by atoms with van der Waals surface area (Å²) < 4.78 is 10.7. The molecule has 0 aliphatic heterocycles. The van der Waals surface area contributed by atoms with Gasteiger partial charge >= 0.3 is 5.97 Å². The van der Waals surface area contributed by atoms with Crippen LogP contribution in [0.3, 0.4) is 0 Å². The first-order valence-corrected chi connectivity index (χ1v) is 7.39. The van der Waals surface area contributed by atoms with Gasteiger partial charge in [0.15, 0.2) is 0 Å². The molecule has 2 aromatic rings. The summed E-state index contributed by atoms with van der Waals surface area (Å²) in [4.78, 5) is 11.6. The molecule has 0 heterocycles. The molecule has 0 aliphatic carbocycles. The van der Waals surface area contributed by atoms with Gasteiger partial charge in [-0.1, -0.05) is 30.3 Å². The number of hydrogen-bond acceptors (Lipinski definition) is 4. The molecule has 0 spiro atoms. The Kier molecular flexibility index (Phi) is 5.83. The van der Waals surface area contributed by atoms with Crippen molar-refractivity contribution in [2.75, 3.05) is 11.9 Å². The molecule has 1 unspecified atom stereocenters. The van der Waals surface area contributed by atoms with Gasteiger partial charge in [0.2, 0.25) is 0 Å². The second kappa shape index (κ2) is 8.08. The molecular formula is C18H21NO3. The van der Waals surface area contributed by atoms with Gasteiger partial charge in [-0.2, -0.15) is 0 Å². The monoisotopic (exact) mass is 299 g/mol. The normalized spacial score (nSPS) is 11.5. The summed E-state index contributed by atoms with van der Waals surface area (Å²) in [7, 11) is 0. The molecule has 0 bridgehead atoms. The van der Waals surface area contributed by atoms with E-state index in [0.717, 1.165) is 17.0 Å². The van der Waals surface area contributed by atoms with Crippen molar-refractivity contribution in [2.45, 2.75) is 26.5 Å². The second-order valence-electron chi connectivity index (χ2n) is 4.92. The molecule has 2 rings (SSSR count). The van der Waals surface area contributed by atoms with E-state index in [1.54, 1.807) is 13.8 Å². The highest BCUT2D eigenvalue weighted by Gasteiger charge is 2.13. The van der Waals surface area contributed by atoms with Gasteiger partial charge in [-0.15, -0.1) is 0 Å². The van der Waals surface area contributed by atoms with E-state index in [0.29, 0.717) is 13.2 Å². The van der Waals surface area contributed by atoms with Crippen LogP contribution >= 0.6 is 0 Å². The maximum absolute atomic E-state index is 11.6. The Labute approximate surface area is 131 Å². The van der Waals surface area contributed by atoms with E-state index in [-0.39, 0.29) is 12.0 Å². The standard InChI is InChI=1S/C18H21NO3/c1-3-21-18(20)14(2)19-16-9-11-17(12-10-16)22-13-15-7-5-4-6-8-15/h4-12,14,19H,3,13H2,1-2H3. The van der Waals surface area contributed by atoms with Gasteiger partial charge < -0.3 is 14.8 Å². The molecule has 116 valence electrons. The Morgan fingerprint density at radius 2 is 1.77 bits per heavy atom. The largest absolute Gasteiger partial charge is 0.489 e. The quantitative estimate of drug-likeness (QED) is 0.793. The van der Waals surface area contributed by atoms with Crippen LogP contribution in [-0.4, -0.2) is 18.6 Å². The van der Waals surface area contributed by atoms with Crippen LogP contribution < -0.4 is 10.1 Å². The lowest BCUT2D eigenvalue weighted by molar-refractivity contribution is -0.143. The third-order valence-electron chi connectivity index (χ3n) is 3.13. The number of benzene rings is 2. The molecule has 0 aromatic heterocycles. The van der Waals surface area contributed by atoms with Crippen LogP contribution in [0.25, 0.3) is 0 Å². The van der Waals surface area contributed by atoms with Gasteiger partial charge in [-0.25, -0.2) is 4.79 Å². The molecule has 0 saturated heterocycles. The summed E-state index contributed by atoms with van der Waals surface area (Å²) in [5.41, 5.74) is 1.98. The summed E-state index contributed by atoms with van der Waals surface area (Å²) in [6.07, 6.45) is 0. The van der Waals surface area contributed by atoms with Crippen molar-refractivity contribution in [2.24, 2.45) is 0 Å². The van der Waals surface area contributed by atoms with Crippen molar-refractivity contribution in [1.29, 1.82) is 0 Å². The van der Waals surface area contributed by atoms with Crippen LogP contribution in [0.15, 0.2) is 54.6 Å². The highest BCUT2D eigenvalue weighted by atomic mass is 16.5. The third kappa shape index (κ3) is 4.81. The Hall–Kier alpha value is -2.49. The molecular weight excluding hydrogens is 278 g/mol. The highest BCUT2D eigenvalue weighted by Crippen LogP contribution is 2.17. The lowest BCUT2D eigenvalue weighted by atomic mass is 10.2. The zero-order valence-electron chi connectivity index (χ0n) is 12.9. The van der Waals surface area contributed by atoms with Gasteiger partial charge in [0, 0.05) is 5.69 Å². The fourth-order valence-corrected chi connectivity index (χ4v) is 1.96. The molecule has 1 atom stereocenters. The van der Waals surface area contributed by atoms with E-state index in [2.05, 4.69) is 5.32 Å². The highest BCUT2D eigenvalue weighted by molar-refractivity contribution is 5.78. The molecule has 4 heteroatoms. The molecule has 0 radical (unpaired) electrons. The summed E-state index contributed by atoms with van der Waals surface area (Å²) in [6.45, 7) is 4.49. The van der Waals surface area contributed by atoms with Crippen molar-refractivity contribution >= 4 is 11.7 Å². The number of anilines is 1. The molecule has 4 nitrogen and oxygen atoms in total. The summed E-state index contributed by atoms with van der Waals surface area (Å²) in [6, 6.07) is 17.2. The Morgan fingerprint density at radius 1 is 1.09 bits per heavy atom. The van der Waals surface area contributed by atoms with E-state index in [9.17, 15) is 4.79 Å². The summed E-state index contributed by atoms with van der Waals surface area (Å²) >= 11 is 0. The Morgan fingerprint density at radius 3 is 2.41 bits per heavy atom. The van der Waals surface area contributed by atoms with Gasteiger partial charge in [0.25, 0.3) is 0 Å². The molecule has 22 heavy (non-hydrogen) atoms. The van der Waals surface area contributed by atoms with Crippen LogP contribution in [-0.2, 0) is 16.1 Å². The maximum atomic E-state index is 11.6. The third-order valence-corrected chi connectivity index (χ3v) is 3.13. The lowest BCUT2D eigenvalue weighted by Gasteiger charge is -2.14. The number of carbonyl (C=O) groups excluding carboxylic acids is 1. The minimum atomic E-state index is -0.379. The smallest absolute Gasteiger partial charge is 0.328 e. The number of carbonyl (C=O) groups is 1. The van der Waals surface area contributed by atoms with Crippen LogP contribution in [0.1, 0.15) is 19.4 Å². The van der Waals surface area contributed by atoms with Gasteiger partial charge in [0.1, 0.15) is 18.4 Å². The van der Waals surface area contributed by atoms with E-state index in [1.807, 2.05) is 54.6 Å². The average Bonchev–Trinajstić information content (AvgIpc) is 2.55. The number of rotatable bonds is 7. The van der Waals surface area contributed by atoms with Crippen LogP contribution in [0.5, 0.6) is 5.75 Å².